The molecule has 1 aromatic heterocycles. The van der Waals surface area contributed by atoms with Gasteiger partial charge in [0, 0.05) is 31.8 Å². The molecule has 1 spiro atoms. The maximum absolute atomic E-state index is 10.5. The van der Waals surface area contributed by atoms with Gasteiger partial charge in [0.05, 0.1) is 5.60 Å². The summed E-state index contributed by atoms with van der Waals surface area (Å²) in [5.74, 6) is 3.32. The number of aryl methyl sites for hydroxylation is 1. The first-order chi connectivity index (χ1) is 8.70. The van der Waals surface area contributed by atoms with Crippen LogP contribution in [0.4, 0.5) is 0 Å². The molecule has 0 radical (unpaired) electrons. The van der Waals surface area contributed by atoms with Crippen molar-refractivity contribution in [2.45, 2.75) is 31.0 Å². The zero-order valence-electron chi connectivity index (χ0n) is 10.7. The molecule has 2 saturated heterocycles. The number of thioether (sulfide) groups is 1. The summed E-state index contributed by atoms with van der Waals surface area (Å²) < 4.78 is 7.91. The molecule has 0 bridgehead atoms. The van der Waals surface area contributed by atoms with Crippen molar-refractivity contribution < 1.29 is 9.84 Å². The maximum Gasteiger partial charge on any atom is 0.137 e. The van der Waals surface area contributed by atoms with Crippen LogP contribution in [0, 0.1) is 5.92 Å². The quantitative estimate of drug-likeness (QED) is 0.888. The van der Waals surface area contributed by atoms with E-state index in [9.17, 15) is 5.11 Å². The van der Waals surface area contributed by atoms with Crippen molar-refractivity contribution in [1.29, 1.82) is 0 Å². The molecule has 3 rings (SSSR count). The molecule has 1 aromatic rings. The van der Waals surface area contributed by atoms with Gasteiger partial charge in [-0.15, -0.1) is 0 Å². The van der Waals surface area contributed by atoms with Gasteiger partial charge in [0.15, 0.2) is 0 Å². The fourth-order valence-corrected chi connectivity index (χ4v) is 4.45. The van der Waals surface area contributed by atoms with E-state index in [4.69, 9.17) is 4.74 Å². The fraction of sp³-hybridized carbons (Fsp3) is 0.769. The first-order valence-corrected chi connectivity index (χ1v) is 7.73. The van der Waals surface area contributed by atoms with E-state index in [-0.39, 0.29) is 11.5 Å². The minimum atomic E-state index is -0.462. The van der Waals surface area contributed by atoms with Gasteiger partial charge in [0.2, 0.25) is 0 Å². The van der Waals surface area contributed by atoms with Gasteiger partial charge in [-0.2, -0.15) is 11.8 Å². The molecule has 1 N–H and O–H groups in total. The first-order valence-electron chi connectivity index (χ1n) is 6.57. The number of rotatable bonds is 2. The van der Waals surface area contributed by atoms with E-state index in [1.165, 1.54) is 5.75 Å². The van der Waals surface area contributed by atoms with Gasteiger partial charge in [0.25, 0.3) is 0 Å². The number of ether oxygens (including phenoxy) is 1. The van der Waals surface area contributed by atoms with Gasteiger partial charge in [0.1, 0.15) is 11.9 Å². The second kappa shape index (κ2) is 4.87. The molecule has 5 heteroatoms. The number of hydrogen-bond donors (Lipinski definition) is 1. The van der Waals surface area contributed by atoms with Crippen LogP contribution in [0.25, 0.3) is 0 Å². The van der Waals surface area contributed by atoms with Crippen LogP contribution in [0.5, 0.6) is 0 Å². The fourth-order valence-electron chi connectivity index (χ4n) is 3.07. The highest BCUT2D eigenvalue weighted by molar-refractivity contribution is 7.99. The summed E-state index contributed by atoms with van der Waals surface area (Å²) in [5, 5.41) is 10.5. The molecular weight excluding hydrogens is 248 g/mol. The molecule has 3 unspecified atom stereocenters. The summed E-state index contributed by atoms with van der Waals surface area (Å²) in [6.45, 7) is 0.771. The summed E-state index contributed by atoms with van der Waals surface area (Å²) in [7, 11) is 1.94. The van der Waals surface area contributed by atoms with E-state index < -0.39 is 6.10 Å². The summed E-state index contributed by atoms with van der Waals surface area (Å²) >= 11 is 1.97. The van der Waals surface area contributed by atoms with Gasteiger partial charge < -0.3 is 14.4 Å². The summed E-state index contributed by atoms with van der Waals surface area (Å²) in [6, 6.07) is 0. The molecule has 3 heterocycles. The van der Waals surface area contributed by atoms with Gasteiger partial charge in [-0.05, 0) is 30.9 Å². The molecule has 2 aliphatic heterocycles. The lowest BCUT2D eigenvalue weighted by molar-refractivity contribution is -0.103. The standard InChI is InChI=1S/C13H20N2O2S/c1-15-5-4-14-12(15)11(16)10-2-6-17-13(8-10)3-7-18-9-13/h4-5,10-11,16H,2-3,6-9H2,1H3. The van der Waals surface area contributed by atoms with Gasteiger partial charge >= 0.3 is 0 Å². The summed E-state index contributed by atoms with van der Waals surface area (Å²) in [6.07, 6.45) is 6.20. The average Bonchev–Trinajstić information content (AvgIpc) is 2.98. The molecule has 0 saturated carbocycles. The van der Waals surface area contributed by atoms with Crippen LogP contribution >= 0.6 is 11.8 Å². The third-order valence-electron chi connectivity index (χ3n) is 4.17. The number of nitrogens with zero attached hydrogens (tertiary/aromatic N) is 2. The van der Waals surface area contributed by atoms with E-state index in [0.717, 1.165) is 37.4 Å². The van der Waals surface area contributed by atoms with Crippen molar-refractivity contribution in [3.8, 4) is 0 Å². The topological polar surface area (TPSA) is 47.3 Å². The summed E-state index contributed by atoms with van der Waals surface area (Å²) in [5.41, 5.74) is 0.0275. The van der Waals surface area contributed by atoms with Crippen molar-refractivity contribution in [2.24, 2.45) is 13.0 Å². The number of aliphatic hydroxyl groups is 1. The van der Waals surface area contributed by atoms with Crippen molar-refractivity contribution in [3.63, 3.8) is 0 Å². The number of imidazole rings is 1. The molecule has 0 amide bonds. The molecule has 4 nitrogen and oxygen atoms in total. The predicted octanol–water partition coefficient (Wildman–Crippen LogP) is 1.76. The van der Waals surface area contributed by atoms with Gasteiger partial charge in [-0.25, -0.2) is 4.98 Å². The highest BCUT2D eigenvalue weighted by Gasteiger charge is 2.43. The van der Waals surface area contributed by atoms with Crippen molar-refractivity contribution >= 4 is 11.8 Å². The van der Waals surface area contributed by atoms with Gasteiger partial charge in [-0.1, -0.05) is 0 Å². The van der Waals surface area contributed by atoms with Crippen LogP contribution in [0.15, 0.2) is 12.4 Å². The molecule has 18 heavy (non-hydrogen) atoms. The Morgan fingerprint density at radius 1 is 1.67 bits per heavy atom. The van der Waals surface area contributed by atoms with Crippen molar-refractivity contribution in [2.75, 3.05) is 18.1 Å². The van der Waals surface area contributed by atoms with E-state index in [2.05, 4.69) is 4.98 Å². The Morgan fingerprint density at radius 2 is 2.56 bits per heavy atom. The Morgan fingerprint density at radius 3 is 3.22 bits per heavy atom. The van der Waals surface area contributed by atoms with E-state index in [1.54, 1.807) is 6.20 Å². The van der Waals surface area contributed by atoms with Crippen LogP contribution < -0.4 is 0 Å². The Hall–Kier alpha value is -0.520. The number of aromatic nitrogens is 2. The summed E-state index contributed by atoms with van der Waals surface area (Å²) in [4.78, 5) is 4.27. The van der Waals surface area contributed by atoms with E-state index >= 15 is 0 Å². The Bertz CT molecular complexity index is 415. The Kier molecular flexibility index (Phi) is 3.38. The largest absolute Gasteiger partial charge is 0.385 e. The second-order valence-electron chi connectivity index (χ2n) is 5.43. The van der Waals surface area contributed by atoms with Crippen LogP contribution in [-0.4, -0.2) is 38.4 Å². The second-order valence-corrected chi connectivity index (χ2v) is 6.53. The normalized spacial score (nSPS) is 34.0. The lowest BCUT2D eigenvalue weighted by Gasteiger charge is -2.39. The van der Waals surface area contributed by atoms with E-state index in [1.807, 2.05) is 29.6 Å². The van der Waals surface area contributed by atoms with Crippen LogP contribution in [0.1, 0.15) is 31.2 Å². The molecule has 3 atom stereocenters. The molecular formula is C13H20N2O2S. The van der Waals surface area contributed by atoms with Crippen molar-refractivity contribution in [3.05, 3.63) is 18.2 Å². The minimum absolute atomic E-state index is 0.0275. The lowest BCUT2D eigenvalue weighted by atomic mass is 9.82. The molecule has 0 aromatic carbocycles. The molecule has 100 valence electrons. The smallest absolute Gasteiger partial charge is 0.137 e. The Labute approximate surface area is 112 Å². The van der Waals surface area contributed by atoms with Crippen LogP contribution in [0.2, 0.25) is 0 Å². The zero-order chi connectivity index (χ0) is 12.6. The lowest BCUT2D eigenvalue weighted by Crippen LogP contribution is -2.41. The SMILES string of the molecule is Cn1ccnc1C(O)C1CCOC2(CCSC2)C1. The monoisotopic (exact) mass is 268 g/mol. The minimum Gasteiger partial charge on any atom is -0.385 e. The van der Waals surface area contributed by atoms with Crippen LogP contribution in [0.3, 0.4) is 0 Å². The highest BCUT2D eigenvalue weighted by atomic mass is 32.2. The maximum atomic E-state index is 10.5. The van der Waals surface area contributed by atoms with Gasteiger partial charge in [-0.3, -0.25) is 0 Å². The van der Waals surface area contributed by atoms with E-state index in [0.29, 0.717) is 0 Å². The first kappa shape index (κ1) is 12.5. The average molecular weight is 268 g/mol. The predicted molar refractivity (Wildman–Crippen MR) is 71.5 cm³/mol. The Balaban J connectivity index is 1.74. The number of aliphatic hydroxyl groups excluding tert-OH is 1. The molecule has 2 fully saturated rings. The third-order valence-corrected chi connectivity index (χ3v) is 5.39. The molecule has 0 aliphatic carbocycles. The van der Waals surface area contributed by atoms with Crippen molar-refractivity contribution in [1.82, 2.24) is 9.55 Å². The third kappa shape index (κ3) is 2.19. The number of hydrogen-bond acceptors (Lipinski definition) is 4. The molecule has 2 aliphatic rings. The zero-order valence-corrected chi connectivity index (χ0v) is 11.5. The highest BCUT2D eigenvalue weighted by Crippen LogP contribution is 2.43. The van der Waals surface area contributed by atoms with Crippen LogP contribution in [-0.2, 0) is 11.8 Å².